The Morgan fingerprint density at radius 1 is 1.09 bits per heavy atom. The molecule has 0 amide bonds. The standard InChI is InChI=1S/C22H27FN2O5P2/c1-13-7-6-8-17(20(25-29-5)21(26)28-4)18(13)12-30-24-14(2)16-10-9-15(27-3)11-19(16)22(23,31)32/h6-11H,12,31-32H2,1-5H3/b24-14+,25-20+. The Kier molecular flexibility index (Phi) is 9.11. The lowest BCUT2D eigenvalue weighted by Crippen LogP contribution is -2.20. The molecule has 0 aliphatic rings. The highest BCUT2D eigenvalue weighted by Gasteiger charge is 2.25. The topological polar surface area (TPSA) is 78.7 Å². The Morgan fingerprint density at radius 2 is 1.81 bits per heavy atom. The average Bonchev–Trinajstić information content (AvgIpc) is 2.77. The van der Waals surface area contributed by atoms with Crippen LogP contribution in [0.3, 0.4) is 0 Å². The molecule has 2 aromatic rings. The van der Waals surface area contributed by atoms with Crippen molar-refractivity contribution < 1.29 is 28.3 Å². The quantitative estimate of drug-likeness (QED) is 0.232. The third-order valence-corrected chi connectivity index (χ3v) is 5.29. The van der Waals surface area contributed by atoms with Gasteiger partial charge in [0, 0.05) is 22.3 Å². The van der Waals surface area contributed by atoms with Crippen molar-refractivity contribution in [1.29, 1.82) is 0 Å². The fraction of sp³-hybridized carbons (Fsp3) is 0.318. The van der Waals surface area contributed by atoms with Crippen LogP contribution in [-0.4, -0.2) is 38.7 Å². The number of ether oxygens (including phenoxy) is 2. The van der Waals surface area contributed by atoms with Gasteiger partial charge in [-0.05, 0) is 37.6 Å². The van der Waals surface area contributed by atoms with E-state index < -0.39 is 11.1 Å². The number of halogens is 1. The number of aryl methyl sites for hydroxylation is 1. The maximum absolute atomic E-state index is 14.7. The zero-order chi connectivity index (χ0) is 23.9. The number of benzene rings is 2. The molecule has 0 spiro atoms. The van der Waals surface area contributed by atoms with Crippen LogP contribution in [0.15, 0.2) is 46.7 Å². The monoisotopic (exact) mass is 480 g/mol. The summed E-state index contributed by atoms with van der Waals surface area (Å²) in [4.78, 5) is 22.6. The molecule has 172 valence electrons. The molecule has 0 aliphatic carbocycles. The number of carbonyl (C=O) groups is 1. The molecule has 0 heterocycles. The average molecular weight is 480 g/mol. The van der Waals surface area contributed by atoms with Crippen LogP contribution in [0.4, 0.5) is 4.39 Å². The van der Waals surface area contributed by atoms with Crippen molar-refractivity contribution in [3.63, 3.8) is 0 Å². The first-order valence-electron chi connectivity index (χ1n) is 9.54. The molecule has 0 radical (unpaired) electrons. The van der Waals surface area contributed by atoms with Gasteiger partial charge in [0.1, 0.15) is 19.5 Å². The van der Waals surface area contributed by atoms with E-state index in [1.54, 1.807) is 37.3 Å². The highest BCUT2D eigenvalue weighted by molar-refractivity contribution is 7.38. The molecule has 2 unspecified atom stereocenters. The summed E-state index contributed by atoms with van der Waals surface area (Å²) in [7, 11) is 8.41. The fourth-order valence-corrected chi connectivity index (χ4v) is 3.50. The summed E-state index contributed by atoms with van der Waals surface area (Å²) in [6, 6.07) is 10.4. The number of alkyl halides is 1. The summed E-state index contributed by atoms with van der Waals surface area (Å²) >= 11 is 0. The number of oxime groups is 2. The molecular weight excluding hydrogens is 453 g/mol. The predicted octanol–water partition coefficient (Wildman–Crippen LogP) is 4.30. The Bertz CT molecular complexity index is 1040. The van der Waals surface area contributed by atoms with Crippen molar-refractivity contribution in [2.75, 3.05) is 21.3 Å². The molecule has 2 atom stereocenters. The molecule has 32 heavy (non-hydrogen) atoms. The van der Waals surface area contributed by atoms with Crippen LogP contribution in [0.5, 0.6) is 5.75 Å². The molecule has 2 rings (SSSR count). The van der Waals surface area contributed by atoms with Gasteiger partial charge >= 0.3 is 5.97 Å². The van der Waals surface area contributed by atoms with Gasteiger partial charge in [0.05, 0.1) is 19.9 Å². The molecule has 10 heteroatoms. The zero-order valence-electron chi connectivity index (χ0n) is 18.6. The Morgan fingerprint density at radius 3 is 2.41 bits per heavy atom. The van der Waals surface area contributed by atoms with Crippen LogP contribution in [-0.2, 0) is 31.0 Å². The van der Waals surface area contributed by atoms with E-state index in [4.69, 9.17) is 19.1 Å². The molecule has 0 aromatic heterocycles. The molecule has 0 saturated heterocycles. The SMILES string of the molecule is CO/N=C(/C(=O)OC)c1cccc(C)c1CO/N=C(\C)c1ccc(OC)cc1C(F)(P)P. The van der Waals surface area contributed by atoms with Gasteiger partial charge in [-0.25, -0.2) is 9.18 Å². The van der Waals surface area contributed by atoms with E-state index in [2.05, 4.69) is 28.8 Å². The van der Waals surface area contributed by atoms with Crippen molar-refractivity contribution in [2.24, 2.45) is 10.3 Å². The third-order valence-electron chi connectivity index (χ3n) is 4.67. The van der Waals surface area contributed by atoms with Crippen LogP contribution in [0.1, 0.15) is 34.7 Å². The minimum atomic E-state index is -1.77. The fourth-order valence-electron chi connectivity index (χ4n) is 3.03. The molecule has 2 aromatic carbocycles. The number of rotatable bonds is 9. The molecule has 7 nitrogen and oxygen atoms in total. The molecule has 0 aliphatic heterocycles. The van der Waals surface area contributed by atoms with E-state index in [0.717, 1.165) is 5.56 Å². The number of hydrogen-bond acceptors (Lipinski definition) is 7. The Hall–Kier alpha value is -2.56. The highest BCUT2D eigenvalue weighted by Crippen LogP contribution is 2.43. The van der Waals surface area contributed by atoms with Crippen LogP contribution < -0.4 is 4.74 Å². The third kappa shape index (κ3) is 6.24. The van der Waals surface area contributed by atoms with E-state index in [0.29, 0.717) is 33.7 Å². The van der Waals surface area contributed by atoms with Crippen molar-refractivity contribution in [2.45, 2.75) is 25.6 Å². The largest absolute Gasteiger partial charge is 0.497 e. The number of esters is 1. The Labute approximate surface area is 191 Å². The van der Waals surface area contributed by atoms with E-state index in [1.807, 2.05) is 13.0 Å². The van der Waals surface area contributed by atoms with Gasteiger partial charge in [-0.15, -0.1) is 0 Å². The molecule has 0 N–H and O–H groups in total. The first kappa shape index (κ1) is 25.7. The second-order valence-electron chi connectivity index (χ2n) is 6.84. The lowest BCUT2D eigenvalue weighted by Gasteiger charge is -2.19. The van der Waals surface area contributed by atoms with Gasteiger partial charge in [0.2, 0.25) is 0 Å². The van der Waals surface area contributed by atoms with Crippen LogP contribution >= 0.6 is 18.5 Å². The van der Waals surface area contributed by atoms with Gasteiger partial charge in [-0.3, -0.25) is 0 Å². The van der Waals surface area contributed by atoms with E-state index in [-0.39, 0.29) is 12.3 Å². The molecule has 0 fully saturated rings. The lowest BCUT2D eigenvalue weighted by molar-refractivity contribution is -0.132. The van der Waals surface area contributed by atoms with Crippen LogP contribution in [0, 0.1) is 6.92 Å². The second kappa shape index (κ2) is 11.3. The molecule has 0 bridgehead atoms. The summed E-state index contributed by atoms with van der Waals surface area (Å²) in [5.41, 5.74) is 3.50. The van der Waals surface area contributed by atoms with Crippen molar-refractivity contribution in [1.82, 2.24) is 0 Å². The Balaban J connectivity index is 2.37. The smallest absolute Gasteiger partial charge is 0.360 e. The van der Waals surface area contributed by atoms with Gasteiger partial charge in [-0.1, -0.05) is 47.0 Å². The maximum atomic E-state index is 14.7. The summed E-state index contributed by atoms with van der Waals surface area (Å²) in [6.07, 6.45) is 0. The minimum absolute atomic E-state index is 0.0173. The first-order chi connectivity index (χ1) is 15.1. The van der Waals surface area contributed by atoms with Gasteiger partial charge in [0.15, 0.2) is 10.9 Å². The molecule has 0 saturated carbocycles. The number of carbonyl (C=O) groups excluding carboxylic acids is 1. The van der Waals surface area contributed by atoms with E-state index >= 15 is 0 Å². The van der Waals surface area contributed by atoms with Crippen LogP contribution in [0.25, 0.3) is 0 Å². The summed E-state index contributed by atoms with van der Waals surface area (Å²) in [5, 5.41) is 6.21. The normalized spacial score (nSPS) is 12.4. The number of hydrogen-bond donors (Lipinski definition) is 0. The first-order valence-corrected chi connectivity index (χ1v) is 10.7. The van der Waals surface area contributed by atoms with Crippen molar-refractivity contribution in [3.05, 3.63) is 64.2 Å². The summed E-state index contributed by atoms with van der Waals surface area (Å²) in [5.74, 6) is -0.108. The summed E-state index contributed by atoms with van der Waals surface area (Å²) < 4.78 is 24.7. The van der Waals surface area contributed by atoms with Crippen molar-refractivity contribution in [3.8, 4) is 5.75 Å². The van der Waals surface area contributed by atoms with E-state index in [1.165, 1.54) is 21.3 Å². The lowest BCUT2D eigenvalue weighted by atomic mass is 9.99. The summed E-state index contributed by atoms with van der Waals surface area (Å²) in [6.45, 7) is 3.65. The van der Waals surface area contributed by atoms with Crippen molar-refractivity contribution >= 4 is 35.9 Å². The zero-order valence-corrected chi connectivity index (χ0v) is 20.9. The van der Waals surface area contributed by atoms with Gasteiger partial charge < -0.3 is 19.1 Å². The number of nitrogens with zero attached hydrogens (tertiary/aromatic N) is 2. The second-order valence-corrected chi connectivity index (χ2v) is 9.19. The van der Waals surface area contributed by atoms with Gasteiger partial charge in [0.25, 0.3) is 0 Å². The highest BCUT2D eigenvalue weighted by atomic mass is 31.1. The van der Waals surface area contributed by atoms with Crippen LogP contribution in [0.2, 0.25) is 0 Å². The van der Waals surface area contributed by atoms with E-state index in [9.17, 15) is 9.18 Å². The van der Waals surface area contributed by atoms with Gasteiger partial charge in [-0.2, -0.15) is 0 Å². The molecular formula is C22H27FN2O5P2. The number of methoxy groups -OCH3 is 2. The maximum Gasteiger partial charge on any atom is 0.360 e. The predicted molar refractivity (Wildman–Crippen MR) is 129 cm³/mol. The minimum Gasteiger partial charge on any atom is -0.497 e.